The van der Waals surface area contributed by atoms with Crippen molar-refractivity contribution in [2.45, 2.75) is 5.75 Å². The number of anilines is 1. The molecule has 0 radical (unpaired) electrons. The molecule has 0 spiro atoms. The molecular formula is C17H15ClN4O3S. The maximum Gasteiger partial charge on any atom is 0.309 e. The van der Waals surface area contributed by atoms with Crippen LogP contribution in [0.3, 0.4) is 0 Å². The zero-order chi connectivity index (χ0) is 18.7. The summed E-state index contributed by atoms with van der Waals surface area (Å²) in [6.07, 6.45) is 0. The fourth-order valence-electron chi connectivity index (χ4n) is 2.28. The molecule has 2 aromatic carbocycles. The van der Waals surface area contributed by atoms with Gasteiger partial charge < -0.3 is 0 Å². The van der Waals surface area contributed by atoms with Crippen molar-refractivity contribution in [2.24, 2.45) is 5.10 Å². The van der Waals surface area contributed by atoms with Gasteiger partial charge in [0.1, 0.15) is 0 Å². The van der Waals surface area contributed by atoms with Crippen molar-refractivity contribution in [3.8, 4) is 0 Å². The van der Waals surface area contributed by atoms with Gasteiger partial charge in [0.15, 0.2) is 5.71 Å². The summed E-state index contributed by atoms with van der Waals surface area (Å²) in [4.78, 5) is 12.5. The lowest BCUT2D eigenvalue weighted by atomic mass is 10.2. The Labute approximate surface area is 156 Å². The molecule has 3 rings (SSSR count). The average molecular weight is 391 g/mol. The lowest BCUT2D eigenvalue weighted by Crippen LogP contribution is -2.40. The Morgan fingerprint density at radius 2 is 1.77 bits per heavy atom. The van der Waals surface area contributed by atoms with Gasteiger partial charge in [-0.15, -0.1) is 4.41 Å². The Hall–Kier alpha value is -2.84. The molecule has 0 atom stereocenters. The van der Waals surface area contributed by atoms with Crippen LogP contribution in [0.5, 0.6) is 0 Å². The van der Waals surface area contributed by atoms with Gasteiger partial charge in [0, 0.05) is 0 Å². The van der Waals surface area contributed by atoms with Crippen LogP contribution < -0.4 is 10.9 Å². The molecule has 1 heterocycles. The third-order valence-electron chi connectivity index (χ3n) is 3.54. The van der Waals surface area contributed by atoms with E-state index in [1.54, 1.807) is 54.6 Å². The van der Waals surface area contributed by atoms with E-state index in [-0.39, 0.29) is 17.2 Å². The molecule has 134 valence electrons. The molecule has 1 saturated heterocycles. The highest BCUT2D eigenvalue weighted by Gasteiger charge is 2.39. The minimum atomic E-state index is -3.94. The second-order valence-electron chi connectivity index (χ2n) is 5.45. The summed E-state index contributed by atoms with van der Waals surface area (Å²) >= 11 is 6.01. The van der Waals surface area contributed by atoms with E-state index in [9.17, 15) is 13.2 Å². The first-order chi connectivity index (χ1) is 12.4. The monoisotopic (exact) mass is 390 g/mol. The molecule has 1 aliphatic heterocycles. The minimum Gasteiger partial charge on any atom is -0.280 e. The lowest BCUT2D eigenvalue weighted by Gasteiger charge is -2.15. The standard InChI is InChI=1S/C17H15ClN4O3S/c1-12-16(20-19-15-10-6-5-9-14(15)18)17(23)22(21-12)26(24,25)11-13-7-3-2-4-8-13/h2-10,19,21H,1,11H2. The van der Waals surface area contributed by atoms with Crippen molar-refractivity contribution >= 4 is 38.9 Å². The topological polar surface area (TPSA) is 90.9 Å². The van der Waals surface area contributed by atoms with Gasteiger partial charge in [-0.25, -0.2) is 8.42 Å². The summed E-state index contributed by atoms with van der Waals surface area (Å²) in [5, 5.41) is 4.36. The Morgan fingerprint density at radius 3 is 2.46 bits per heavy atom. The number of hydrazine groups is 1. The van der Waals surface area contributed by atoms with Crippen molar-refractivity contribution in [3.05, 3.63) is 77.5 Å². The largest absolute Gasteiger partial charge is 0.309 e. The number of benzene rings is 2. The number of halogens is 1. The van der Waals surface area contributed by atoms with Crippen molar-refractivity contribution in [3.63, 3.8) is 0 Å². The Morgan fingerprint density at radius 1 is 1.12 bits per heavy atom. The summed E-state index contributed by atoms with van der Waals surface area (Å²) < 4.78 is 25.6. The van der Waals surface area contributed by atoms with Gasteiger partial charge >= 0.3 is 5.91 Å². The van der Waals surface area contributed by atoms with Crippen LogP contribution in [-0.4, -0.2) is 24.5 Å². The van der Waals surface area contributed by atoms with Gasteiger partial charge in [-0.1, -0.05) is 60.6 Å². The molecule has 0 unspecified atom stereocenters. The van der Waals surface area contributed by atoms with Gasteiger partial charge in [-0.05, 0) is 17.7 Å². The number of rotatable bonds is 5. The van der Waals surface area contributed by atoms with E-state index < -0.39 is 15.9 Å². The van der Waals surface area contributed by atoms with Crippen molar-refractivity contribution in [1.82, 2.24) is 9.84 Å². The molecule has 0 bridgehead atoms. The smallest absolute Gasteiger partial charge is 0.280 e. The summed E-state index contributed by atoms with van der Waals surface area (Å²) in [5.74, 6) is -1.14. The first kappa shape index (κ1) is 18.0. The number of nitrogens with zero attached hydrogens (tertiary/aromatic N) is 2. The summed E-state index contributed by atoms with van der Waals surface area (Å²) in [6, 6.07) is 15.4. The van der Waals surface area contributed by atoms with Gasteiger partial charge in [0.2, 0.25) is 0 Å². The highest BCUT2D eigenvalue weighted by molar-refractivity contribution is 7.88. The summed E-state index contributed by atoms with van der Waals surface area (Å²) in [6.45, 7) is 3.65. The zero-order valence-corrected chi connectivity index (χ0v) is 15.1. The van der Waals surface area contributed by atoms with Crippen molar-refractivity contribution < 1.29 is 13.2 Å². The van der Waals surface area contributed by atoms with Gasteiger partial charge in [0.25, 0.3) is 10.0 Å². The van der Waals surface area contributed by atoms with Crippen molar-refractivity contribution in [1.29, 1.82) is 0 Å². The number of hydrogen-bond acceptors (Lipinski definition) is 6. The second kappa shape index (κ2) is 7.19. The van der Waals surface area contributed by atoms with Crippen LogP contribution in [0.1, 0.15) is 5.56 Å². The Bertz CT molecular complexity index is 990. The average Bonchev–Trinajstić information content (AvgIpc) is 2.90. The minimum absolute atomic E-state index is 0.0752. The van der Waals surface area contributed by atoms with Crippen LogP contribution in [0, 0.1) is 0 Å². The Balaban J connectivity index is 1.80. The second-order valence-corrected chi connectivity index (χ2v) is 7.68. The molecule has 2 N–H and O–H groups in total. The normalized spacial score (nSPS) is 16.0. The number of para-hydroxylation sites is 1. The van der Waals surface area contributed by atoms with Gasteiger partial charge in [-0.3, -0.25) is 15.6 Å². The molecule has 1 amide bonds. The van der Waals surface area contributed by atoms with Crippen LogP contribution >= 0.6 is 11.6 Å². The first-order valence-electron chi connectivity index (χ1n) is 7.54. The molecule has 9 heteroatoms. The molecule has 1 aliphatic rings. The SMILES string of the molecule is C=C1NN(S(=O)(=O)Cc2ccccc2)C(=O)C1=NNc1ccccc1Cl. The van der Waals surface area contributed by atoms with Crippen LogP contribution in [0.15, 0.2) is 72.0 Å². The summed E-state index contributed by atoms with van der Waals surface area (Å²) in [5.41, 5.74) is 6.09. The van der Waals surface area contributed by atoms with Crippen LogP contribution in [0.2, 0.25) is 5.02 Å². The zero-order valence-electron chi connectivity index (χ0n) is 13.5. The van der Waals surface area contributed by atoms with E-state index in [4.69, 9.17) is 11.6 Å². The van der Waals surface area contributed by atoms with Crippen LogP contribution in [0.25, 0.3) is 0 Å². The number of hydrogen-bond donors (Lipinski definition) is 2. The molecule has 2 aromatic rings. The predicted octanol–water partition coefficient (Wildman–Crippen LogP) is 2.50. The van der Waals surface area contributed by atoms with Gasteiger partial charge in [-0.2, -0.15) is 5.10 Å². The molecule has 0 saturated carbocycles. The number of sulfonamides is 1. The van der Waals surface area contributed by atoms with E-state index in [2.05, 4.69) is 22.5 Å². The number of nitrogens with one attached hydrogen (secondary N) is 2. The van der Waals surface area contributed by atoms with Crippen LogP contribution in [0.4, 0.5) is 5.69 Å². The fourth-order valence-corrected chi connectivity index (χ4v) is 3.79. The van der Waals surface area contributed by atoms with Crippen molar-refractivity contribution in [2.75, 3.05) is 5.43 Å². The lowest BCUT2D eigenvalue weighted by molar-refractivity contribution is -0.119. The number of hydrazone groups is 1. The Kier molecular flexibility index (Phi) is 4.97. The van der Waals surface area contributed by atoms with E-state index >= 15 is 0 Å². The highest BCUT2D eigenvalue weighted by Crippen LogP contribution is 2.21. The molecule has 26 heavy (non-hydrogen) atoms. The van der Waals surface area contributed by atoms with E-state index in [0.717, 1.165) is 0 Å². The third kappa shape index (κ3) is 3.71. The van der Waals surface area contributed by atoms with Gasteiger partial charge in [0.05, 0.1) is 22.2 Å². The first-order valence-corrected chi connectivity index (χ1v) is 9.52. The molecule has 0 aromatic heterocycles. The van der Waals surface area contributed by atoms with E-state index in [1.165, 1.54) is 0 Å². The quantitative estimate of drug-likeness (QED) is 0.765. The number of carbonyl (C=O) groups is 1. The molecule has 1 fully saturated rings. The maximum atomic E-state index is 12.5. The molecule has 7 nitrogen and oxygen atoms in total. The molecule has 0 aliphatic carbocycles. The van der Waals surface area contributed by atoms with E-state index in [0.29, 0.717) is 20.7 Å². The highest BCUT2D eigenvalue weighted by atomic mass is 35.5. The maximum absolute atomic E-state index is 12.5. The van der Waals surface area contributed by atoms with Crippen LogP contribution in [-0.2, 0) is 20.6 Å². The fraction of sp³-hybridized carbons (Fsp3) is 0.0588. The number of carbonyl (C=O) groups excluding carboxylic acids is 1. The third-order valence-corrected chi connectivity index (χ3v) is 5.38. The van der Waals surface area contributed by atoms with E-state index in [1.807, 2.05) is 0 Å². The predicted molar refractivity (Wildman–Crippen MR) is 101 cm³/mol. The summed E-state index contributed by atoms with van der Waals surface area (Å²) in [7, 11) is -3.94. The molecular weight excluding hydrogens is 376 g/mol. The number of amides is 1.